The normalized spacial score (nSPS) is 21.9. The number of carbonyl (C=O) groups is 2. The van der Waals surface area contributed by atoms with Gasteiger partial charge in [-0.25, -0.2) is 0 Å². The third-order valence-electron chi connectivity index (χ3n) is 7.83. The number of rotatable bonds is 3. The fourth-order valence-electron chi connectivity index (χ4n) is 5.79. The first kappa shape index (κ1) is 25.2. The molecule has 0 aromatic heterocycles. The van der Waals surface area contributed by atoms with Crippen molar-refractivity contribution in [1.29, 1.82) is 0 Å². The van der Waals surface area contributed by atoms with E-state index in [1.807, 2.05) is 24.3 Å². The molecule has 0 bridgehead atoms. The van der Waals surface area contributed by atoms with Crippen molar-refractivity contribution in [3.8, 4) is 5.75 Å². The highest BCUT2D eigenvalue weighted by Crippen LogP contribution is 2.41. The molecule has 0 aliphatic carbocycles. The minimum Gasteiger partial charge on any atom is -0.497 e. The minimum atomic E-state index is -4.44. The summed E-state index contributed by atoms with van der Waals surface area (Å²) >= 11 is 0. The maximum Gasteiger partial charge on any atom is 0.416 e. The molecule has 2 fully saturated rings. The number of carbonyl (C=O) groups excluding carboxylic acids is 2. The number of anilines is 2. The Morgan fingerprint density at radius 3 is 2.22 bits per heavy atom. The van der Waals surface area contributed by atoms with E-state index in [1.54, 1.807) is 23.0 Å². The van der Waals surface area contributed by atoms with Gasteiger partial charge in [0, 0.05) is 64.1 Å². The van der Waals surface area contributed by atoms with Crippen molar-refractivity contribution in [3.05, 3.63) is 53.6 Å². The Bertz CT molecular complexity index is 1160. The van der Waals surface area contributed by atoms with E-state index in [0.717, 1.165) is 23.2 Å². The van der Waals surface area contributed by atoms with Crippen molar-refractivity contribution < 1.29 is 27.5 Å². The third-order valence-corrected chi connectivity index (χ3v) is 7.83. The number of hydrogen-bond donors (Lipinski definition) is 0. The van der Waals surface area contributed by atoms with E-state index in [-0.39, 0.29) is 24.3 Å². The molecule has 2 aromatic rings. The van der Waals surface area contributed by atoms with Gasteiger partial charge in [-0.05, 0) is 54.4 Å². The zero-order valence-electron chi connectivity index (χ0n) is 21.0. The van der Waals surface area contributed by atoms with Gasteiger partial charge in [-0.1, -0.05) is 0 Å². The largest absolute Gasteiger partial charge is 0.497 e. The molecule has 0 unspecified atom stereocenters. The number of methoxy groups -OCH3 is 1. The van der Waals surface area contributed by atoms with Gasteiger partial charge in [-0.2, -0.15) is 13.2 Å². The zero-order chi connectivity index (χ0) is 26.3. The standard InChI is InChI=1S/C27H31F3N4O3/c1-18(35)31-9-11-32(12-10-31)26(36)23-16-19-15-20(27(28,29)30)3-8-24(19)34-14-13-33(17-25(23)34)21-4-6-22(37-2)7-5-21/h3-8,15,23,25H,9-14,16-17H2,1-2H3/t23-,25+/m0/s1. The summed E-state index contributed by atoms with van der Waals surface area (Å²) in [6, 6.07) is 11.5. The van der Waals surface area contributed by atoms with Crippen LogP contribution in [0.3, 0.4) is 0 Å². The molecule has 0 radical (unpaired) electrons. The first-order valence-corrected chi connectivity index (χ1v) is 12.6. The van der Waals surface area contributed by atoms with Crippen molar-refractivity contribution in [3.63, 3.8) is 0 Å². The Morgan fingerprint density at radius 1 is 0.919 bits per heavy atom. The summed E-state index contributed by atoms with van der Waals surface area (Å²) < 4.78 is 45.8. The van der Waals surface area contributed by atoms with Crippen LogP contribution in [-0.4, -0.2) is 80.6 Å². The molecule has 198 valence electrons. The van der Waals surface area contributed by atoms with Crippen LogP contribution in [0.15, 0.2) is 42.5 Å². The van der Waals surface area contributed by atoms with Crippen LogP contribution in [0.5, 0.6) is 5.75 Å². The van der Waals surface area contributed by atoms with Gasteiger partial charge in [-0.15, -0.1) is 0 Å². The molecule has 2 atom stereocenters. The predicted molar refractivity (Wildman–Crippen MR) is 134 cm³/mol. The van der Waals surface area contributed by atoms with Crippen LogP contribution < -0.4 is 14.5 Å². The van der Waals surface area contributed by atoms with Gasteiger partial charge in [0.2, 0.25) is 11.8 Å². The second-order valence-electron chi connectivity index (χ2n) is 9.89. The second kappa shape index (κ2) is 9.79. The molecular formula is C27H31F3N4O3. The Balaban J connectivity index is 1.44. The van der Waals surface area contributed by atoms with Crippen molar-refractivity contribution in [2.45, 2.75) is 25.6 Å². The topological polar surface area (TPSA) is 56.3 Å². The summed E-state index contributed by atoms with van der Waals surface area (Å²) in [7, 11) is 1.61. The number of ether oxygens (including phenoxy) is 1. The Labute approximate surface area is 214 Å². The average molecular weight is 517 g/mol. The number of hydrogen-bond acceptors (Lipinski definition) is 5. The highest BCUT2D eigenvalue weighted by Gasteiger charge is 2.44. The number of fused-ring (bicyclic) bond motifs is 3. The van der Waals surface area contributed by atoms with Crippen LogP contribution in [-0.2, 0) is 22.2 Å². The molecular weight excluding hydrogens is 485 g/mol. The molecule has 7 nitrogen and oxygen atoms in total. The highest BCUT2D eigenvalue weighted by molar-refractivity contribution is 5.83. The van der Waals surface area contributed by atoms with Gasteiger partial charge < -0.3 is 24.3 Å². The van der Waals surface area contributed by atoms with Crippen LogP contribution in [0.4, 0.5) is 24.5 Å². The molecule has 10 heteroatoms. The van der Waals surface area contributed by atoms with Gasteiger partial charge in [0.1, 0.15) is 5.75 Å². The average Bonchev–Trinajstić information content (AvgIpc) is 2.91. The Morgan fingerprint density at radius 2 is 1.59 bits per heavy atom. The quantitative estimate of drug-likeness (QED) is 0.627. The van der Waals surface area contributed by atoms with Crippen LogP contribution in [0, 0.1) is 5.92 Å². The van der Waals surface area contributed by atoms with E-state index in [2.05, 4.69) is 9.80 Å². The molecule has 2 saturated heterocycles. The van der Waals surface area contributed by atoms with Gasteiger partial charge in [0.25, 0.3) is 0 Å². The number of halogens is 3. The Hall–Kier alpha value is -3.43. The Kier molecular flexibility index (Phi) is 6.68. The van der Waals surface area contributed by atoms with Gasteiger partial charge in [0.15, 0.2) is 0 Å². The molecule has 3 aliphatic heterocycles. The van der Waals surface area contributed by atoms with Crippen molar-refractivity contribution in [1.82, 2.24) is 9.80 Å². The summed E-state index contributed by atoms with van der Waals surface area (Å²) in [4.78, 5) is 33.4. The summed E-state index contributed by atoms with van der Waals surface area (Å²) in [5, 5.41) is 0. The van der Waals surface area contributed by atoms with E-state index >= 15 is 0 Å². The number of piperazine rings is 2. The molecule has 0 spiro atoms. The lowest BCUT2D eigenvalue weighted by Gasteiger charge is -2.50. The molecule has 3 heterocycles. The zero-order valence-corrected chi connectivity index (χ0v) is 21.0. The first-order chi connectivity index (χ1) is 17.7. The lowest BCUT2D eigenvalue weighted by atomic mass is 9.82. The smallest absolute Gasteiger partial charge is 0.416 e. The molecule has 0 N–H and O–H groups in total. The third kappa shape index (κ3) is 4.93. The molecule has 2 aromatic carbocycles. The number of alkyl halides is 3. The number of nitrogens with zero attached hydrogens (tertiary/aromatic N) is 4. The monoisotopic (exact) mass is 516 g/mol. The fraction of sp³-hybridized carbons (Fsp3) is 0.481. The SMILES string of the molecule is COc1ccc(N2CCN3c4ccc(C(F)(F)F)cc4C[C@H](C(=O)N4CCN(C(C)=O)CC4)[C@H]3C2)cc1. The van der Waals surface area contributed by atoms with E-state index in [4.69, 9.17) is 4.74 Å². The maximum atomic E-state index is 13.8. The minimum absolute atomic E-state index is 0.0213. The maximum absolute atomic E-state index is 13.8. The summed E-state index contributed by atoms with van der Waals surface area (Å²) in [6.45, 7) is 5.17. The van der Waals surface area contributed by atoms with Crippen LogP contribution in [0.1, 0.15) is 18.1 Å². The first-order valence-electron chi connectivity index (χ1n) is 12.6. The van der Waals surface area contributed by atoms with Crippen molar-refractivity contribution in [2.24, 2.45) is 5.92 Å². The molecule has 2 amide bonds. The number of benzene rings is 2. The van der Waals surface area contributed by atoms with E-state index < -0.39 is 17.7 Å². The lowest BCUT2D eigenvalue weighted by Crippen LogP contribution is -2.62. The molecule has 5 rings (SSSR count). The van der Waals surface area contributed by atoms with E-state index in [0.29, 0.717) is 51.4 Å². The van der Waals surface area contributed by atoms with Gasteiger partial charge in [-0.3, -0.25) is 9.59 Å². The van der Waals surface area contributed by atoms with E-state index in [9.17, 15) is 22.8 Å². The van der Waals surface area contributed by atoms with Crippen LogP contribution in [0.25, 0.3) is 0 Å². The van der Waals surface area contributed by atoms with Crippen molar-refractivity contribution in [2.75, 3.05) is 62.7 Å². The second-order valence-corrected chi connectivity index (χ2v) is 9.89. The van der Waals surface area contributed by atoms with Crippen LogP contribution >= 0.6 is 0 Å². The lowest BCUT2D eigenvalue weighted by molar-refractivity contribution is -0.142. The summed E-state index contributed by atoms with van der Waals surface area (Å²) in [5.41, 5.74) is 1.66. The fourth-order valence-corrected chi connectivity index (χ4v) is 5.79. The van der Waals surface area contributed by atoms with Crippen molar-refractivity contribution >= 4 is 23.2 Å². The van der Waals surface area contributed by atoms with Gasteiger partial charge in [0.05, 0.1) is 24.6 Å². The molecule has 0 saturated carbocycles. The summed E-state index contributed by atoms with van der Waals surface area (Å²) in [5.74, 6) is 0.193. The predicted octanol–water partition coefficient (Wildman–Crippen LogP) is 3.27. The number of amides is 2. The highest BCUT2D eigenvalue weighted by atomic mass is 19.4. The van der Waals surface area contributed by atoms with Gasteiger partial charge >= 0.3 is 6.18 Å². The van der Waals surface area contributed by atoms with E-state index in [1.165, 1.54) is 13.0 Å². The molecule has 37 heavy (non-hydrogen) atoms. The summed E-state index contributed by atoms with van der Waals surface area (Å²) in [6.07, 6.45) is -4.19. The van der Waals surface area contributed by atoms with Crippen LogP contribution in [0.2, 0.25) is 0 Å². The molecule has 3 aliphatic rings.